The molecule has 0 unspecified atom stereocenters. The smallest absolute Gasteiger partial charge is 0.257 e. The molecule has 3 aromatic heterocycles. The normalized spacial score (nSPS) is 16.3. The van der Waals surface area contributed by atoms with Crippen molar-refractivity contribution in [3.05, 3.63) is 65.1 Å². The Balaban J connectivity index is 1.47. The van der Waals surface area contributed by atoms with Crippen molar-refractivity contribution >= 4 is 51.7 Å². The maximum Gasteiger partial charge on any atom is 0.257 e. The fraction of sp³-hybridized carbons (Fsp3) is 0.321. The Morgan fingerprint density at radius 2 is 1.92 bits per heavy atom. The van der Waals surface area contributed by atoms with Gasteiger partial charge in [0.2, 0.25) is 5.95 Å². The number of nitrogens with zero attached hydrogens (tertiary/aromatic N) is 5. The first kappa shape index (κ1) is 24.1. The van der Waals surface area contributed by atoms with Crippen LogP contribution in [-0.2, 0) is 9.53 Å². The van der Waals surface area contributed by atoms with E-state index in [-0.39, 0.29) is 17.4 Å². The SMILES string of the molecule is C=CC(=O)N(c1ccc2c(=O)cc(N3CCOCC3)oc2c1)c1ncc2cc(C=O)n(C3CCCC3)c2n1. The Morgan fingerprint density at radius 3 is 2.66 bits per heavy atom. The molecule has 0 radical (unpaired) electrons. The summed E-state index contributed by atoms with van der Waals surface area (Å²) in [7, 11) is 0. The number of aldehydes is 1. The lowest BCUT2D eigenvalue weighted by atomic mass is 10.2. The summed E-state index contributed by atoms with van der Waals surface area (Å²) >= 11 is 0. The first-order chi connectivity index (χ1) is 18.6. The van der Waals surface area contributed by atoms with Crippen LogP contribution in [0.15, 0.2) is 58.4 Å². The van der Waals surface area contributed by atoms with Crippen LogP contribution in [0.4, 0.5) is 17.5 Å². The molecule has 0 spiro atoms. The Bertz CT molecular complexity index is 1610. The zero-order chi connectivity index (χ0) is 26.2. The second-order valence-corrected chi connectivity index (χ2v) is 9.55. The van der Waals surface area contributed by atoms with Crippen LogP contribution >= 0.6 is 0 Å². The molecule has 1 aromatic carbocycles. The molecule has 2 fully saturated rings. The van der Waals surface area contributed by atoms with E-state index < -0.39 is 5.91 Å². The Morgan fingerprint density at radius 1 is 1.13 bits per heavy atom. The molecule has 0 atom stereocenters. The molecule has 2 aliphatic rings. The van der Waals surface area contributed by atoms with Crippen molar-refractivity contribution in [3.63, 3.8) is 0 Å². The van der Waals surface area contributed by atoms with Crippen molar-refractivity contribution < 1.29 is 18.7 Å². The average molecular weight is 514 g/mol. The molecule has 6 rings (SSSR count). The van der Waals surface area contributed by atoms with Crippen molar-refractivity contribution in [2.24, 2.45) is 0 Å². The standard InChI is InChI=1S/C28H27N5O5/c1-2-25(36)33(28-29-16-18-13-21(17-34)32(27(18)30-28)19-5-3-4-6-19)20-7-8-22-23(35)15-26(38-24(22)14-20)31-9-11-37-12-10-31/h2,7-8,13-17,19H,1,3-6,9-12H2. The predicted octanol–water partition coefficient (Wildman–Crippen LogP) is 4.15. The summed E-state index contributed by atoms with van der Waals surface area (Å²) in [6.07, 6.45) is 7.77. The molecule has 38 heavy (non-hydrogen) atoms. The molecule has 4 aromatic rings. The van der Waals surface area contributed by atoms with Gasteiger partial charge in [0.05, 0.1) is 30.0 Å². The van der Waals surface area contributed by atoms with Gasteiger partial charge in [0.1, 0.15) is 11.2 Å². The van der Waals surface area contributed by atoms with Gasteiger partial charge in [-0.05, 0) is 37.1 Å². The van der Waals surface area contributed by atoms with Gasteiger partial charge < -0.3 is 18.6 Å². The van der Waals surface area contributed by atoms with Crippen LogP contribution in [-0.4, -0.2) is 53.0 Å². The van der Waals surface area contributed by atoms with Gasteiger partial charge in [-0.25, -0.2) is 9.88 Å². The summed E-state index contributed by atoms with van der Waals surface area (Å²) < 4.78 is 13.5. The number of carbonyl (C=O) groups is 2. The third-order valence-electron chi connectivity index (χ3n) is 7.28. The lowest BCUT2D eigenvalue weighted by Crippen LogP contribution is -2.36. The summed E-state index contributed by atoms with van der Waals surface area (Å²) in [5, 5.41) is 1.13. The number of morpholine rings is 1. The predicted molar refractivity (Wildman–Crippen MR) is 143 cm³/mol. The Labute approximate surface area is 218 Å². The highest BCUT2D eigenvalue weighted by atomic mass is 16.5. The summed E-state index contributed by atoms with van der Waals surface area (Å²) in [5.41, 5.74) is 1.75. The zero-order valence-corrected chi connectivity index (χ0v) is 20.8. The molecule has 4 heterocycles. The van der Waals surface area contributed by atoms with Gasteiger partial charge in [-0.3, -0.25) is 14.4 Å². The van der Waals surface area contributed by atoms with Crippen molar-refractivity contribution in [2.45, 2.75) is 31.7 Å². The highest BCUT2D eigenvalue weighted by molar-refractivity contribution is 6.06. The number of rotatable bonds is 6. The third kappa shape index (κ3) is 4.16. The van der Waals surface area contributed by atoms with E-state index in [1.54, 1.807) is 30.5 Å². The quantitative estimate of drug-likeness (QED) is 0.279. The summed E-state index contributed by atoms with van der Waals surface area (Å²) in [5.74, 6) is 0.159. The second-order valence-electron chi connectivity index (χ2n) is 9.55. The van der Waals surface area contributed by atoms with E-state index in [0.29, 0.717) is 60.2 Å². The van der Waals surface area contributed by atoms with E-state index >= 15 is 0 Å². The number of hydrogen-bond acceptors (Lipinski definition) is 8. The lowest BCUT2D eigenvalue weighted by Gasteiger charge is -2.27. The lowest BCUT2D eigenvalue weighted by molar-refractivity contribution is -0.113. The van der Waals surface area contributed by atoms with Crippen molar-refractivity contribution in [1.29, 1.82) is 0 Å². The monoisotopic (exact) mass is 513 g/mol. The fourth-order valence-electron chi connectivity index (χ4n) is 5.41. The summed E-state index contributed by atoms with van der Waals surface area (Å²) in [6, 6.07) is 8.37. The number of benzene rings is 1. The van der Waals surface area contributed by atoms with E-state index in [1.807, 2.05) is 9.47 Å². The van der Waals surface area contributed by atoms with Crippen molar-refractivity contribution in [3.8, 4) is 0 Å². The van der Waals surface area contributed by atoms with Gasteiger partial charge in [0, 0.05) is 42.8 Å². The molecule has 1 aliphatic heterocycles. The van der Waals surface area contributed by atoms with Crippen LogP contribution in [0.25, 0.3) is 22.0 Å². The van der Waals surface area contributed by atoms with E-state index in [0.717, 1.165) is 37.4 Å². The van der Waals surface area contributed by atoms with Gasteiger partial charge in [-0.15, -0.1) is 0 Å². The van der Waals surface area contributed by atoms with Gasteiger partial charge in [-0.2, -0.15) is 4.98 Å². The number of hydrogen-bond donors (Lipinski definition) is 0. The van der Waals surface area contributed by atoms with Crippen molar-refractivity contribution in [2.75, 3.05) is 36.1 Å². The Kier molecular flexibility index (Phi) is 6.24. The fourth-order valence-corrected chi connectivity index (χ4v) is 5.41. The maximum atomic E-state index is 13.1. The van der Waals surface area contributed by atoms with Crippen LogP contribution in [0, 0.1) is 0 Å². The molecule has 194 valence electrons. The molecule has 0 bridgehead atoms. The molecule has 1 saturated carbocycles. The number of anilines is 3. The van der Waals surface area contributed by atoms with Crippen LogP contribution in [0.2, 0.25) is 0 Å². The van der Waals surface area contributed by atoms with E-state index in [4.69, 9.17) is 14.1 Å². The number of amides is 1. The van der Waals surface area contributed by atoms with Gasteiger partial charge in [0.15, 0.2) is 17.6 Å². The molecule has 10 nitrogen and oxygen atoms in total. The first-order valence-electron chi connectivity index (χ1n) is 12.8. The van der Waals surface area contributed by atoms with E-state index in [9.17, 15) is 14.4 Å². The number of fused-ring (bicyclic) bond motifs is 2. The minimum Gasteiger partial charge on any atom is -0.440 e. The molecular formula is C28H27N5O5. The first-order valence-corrected chi connectivity index (χ1v) is 12.8. The van der Waals surface area contributed by atoms with E-state index in [2.05, 4.69) is 11.6 Å². The number of ether oxygens (including phenoxy) is 1. The van der Waals surface area contributed by atoms with Crippen LogP contribution in [0.1, 0.15) is 42.2 Å². The van der Waals surface area contributed by atoms with Gasteiger partial charge in [-0.1, -0.05) is 19.4 Å². The van der Waals surface area contributed by atoms with Crippen LogP contribution in [0.5, 0.6) is 0 Å². The maximum absolute atomic E-state index is 13.1. The zero-order valence-electron chi connectivity index (χ0n) is 20.8. The Hall–Kier alpha value is -4.31. The average Bonchev–Trinajstić information content (AvgIpc) is 3.60. The van der Waals surface area contributed by atoms with Crippen LogP contribution < -0.4 is 15.2 Å². The second kappa shape index (κ2) is 9.86. The van der Waals surface area contributed by atoms with Crippen molar-refractivity contribution in [1.82, 2.24) is 14.5 Å². The minimum atomic E-state index is -0.440. The summed E-state index contributed by atoms with van der Waals surface area (Å²) in [6.45, 7) is 6.00. The molecule has 1 aliphatic carbocycles. The topological polar surface area (TPSA) is 111 Å². The summed E-state index contributed by atoms with van der Waals surface area (Å²) in [4.78, 5) is 50.3. The molecule has 0 N–H and O–H groups in total. The van der Waals surface area contributed by atoms with E-state index in [1.165, 1.54) is 17.0 Å². The number of aromatic nitrogens is 3. The highest BCUT2D eigenvalue weighted by Gasteiger charge is 2.25. The molecular weight excluding hydrogens is 486 g/mol. The van der Waals surface area contributed by atoms with Gasteiger partial charge in [0.25, 0.3) is 5.91 Å². The third-order valence-corrected chi connectivity index (χ3v) is 7.28. The molecule has 1 saturated heterocycles. The van der Waals surface area contributed by atoms with Gasteiger partial charge >= 0.3 is 0 Å². The largest absolute Gasteiger partial charge is 0.440 e. The highest BCUT2D eigenvalue weighted by Crippen LogP contribution is 2.35. The number of carbonyl (C=O) groups excluding carboxylic acids is 2. The molecule has 10 heteroatoms. The molecule has 1 amide bonds. The van der Waals surface area contributed by atoms with Crippen LogP contribution in [0.3, 0.4) is 0 Å². The minimum absolute atomic E-state index is 0.142.